The summed E-state index contributed by atoms with van der Waals surface area (Å²) in [6.45, 7) is 2.77. The van der Waals surface area contributed by atoms with Crippen LogP contribution in [-0.2, 0) is 4.79 Å². The second kappa shape index (κ2) is 9.28. The third kappa shape index (κ3) is 4.92. The van der Waals surface area contributed by atoms with E-state index in [1.165, 1.54) is 23.8 Å². The van der Waals surface area contributed by atoms with Crippen LogP contribution in [0.25, 0.3) is 6.08 Å². The van der Waals surface area contributed by atoms with Gasteiger partial charge in [0, 0.05) is 30.5 Å². The summed E-state index contributed by atoms with van der Waals surface area (Å²) < 4.78 is 16.2. The lowest BCUT2D eigenvalue weighted by Gasteiger charge is -2.22. The van der Waals surface area contributed by atoms with E-state index in [9.17, 15) is 4.79 Å². The highest BCUT2D eigenvalue weighted by atomic mass is 16.5. The number of likely N-dealkylation sites (tertiary alicyclic amines) is 1. The zero-order chi connectivity index (χ0) is 19.1. The van der Waals surface area contributed by atoms with E-state index < -0.39 is 0 Å². The molecule has 3 rings (SSSR count). The molecule has 6 heteroatoms. The summed E-state index contributed by atoms with van der Waals surface area (Å²) in [5, 5.41) is 3.01. The molecule has 1 aliphatic rings. The average molecular weight is 371 g/mol. The van der Waals surface area contributed by atoms with Crippen molar-refractivity contribution in [2.75, 3.05) is 33.9 Å². The van der Waals surface area contributed by atoms with Gasteiger partial charge in [-0.15, -0.1) is 0 Å². The molecule has 0 radical (unpaired) electrons. The molecule has 1 atom stereocenters. The molecule has 27 heavy (non-hydrogen) atoms. The van der Waals surface area contributed by atoms with Crippen LogP contribution in [0.2, 0.25) is 0 Å². The Morgan fingerprint density at radius 1 is 1.26 bits per heavy atom. The molecule has 1 aliphatic heterocycles. The molecular weight excluding hydrogens is 344 g/mol. The van der Waals surface area contributed by atoms with Gasteiger partial charge in [0.05, 0.1) is 40.1 Å². The van der Waals surface area contributed by atoms with Gasteiger partial charge in [-0.05, 0) is 30.3 Å². The Kier molecular flexibility index (Phi) is 6.54. The number of amides is 1. The normalized spacial score (nSPS) is 15.8. The molecule has 1 amide bonds. The summed E-state index contributed by atoms with van der Waals surface area (Å²) >= 11 is 0. The Bertz CT molecular complexity index is 764. The number of carbonyl (C=O) groups is 1. The van der Waals surface area contributed by atoms with Crippen molar-refractivity contribution < 1.29 is 23.6 Å². The summed E-state index contributed by atoms with van der Waals surface area (Å²) in [7, 11) is 3.20. The predicted octanol–water partition coefficient (Wildman–Crippen LogP) is 1.85. The Morgan fingerprint density at radius 3 is 2.74 bits per heavy atom. The van der Waals surface area contributed by atoms with Crippen molar-refractivity contribution in [3.8, 4) is 11.5 Å². The first-order valence-corrected chi connectivity index (χ1v) is 9.27. The third-order valence-electron chi connectivity index (χ3n) is 4.96. The fourth-order valence-corrected chi connectivity index (χ4v) is 3.50. The van der Waals surface area contributed by atoms with Gasteiger partial charge in [-0.3, -0.25) is 4.79 Å². The molecule has 0 saturated carbocycles. The first-order valence-electron chi connectivity index (χ1n) is 9.27. The second-order valence-electron chi connectivity index (χ2n) is 6.62. The number of quaternary nitrogens is 1. The van der Waals surface area contributed by atoms with Crippen LogP contribution in [0.5, 0.6) is 11.5 Å². The van der Waals surface area contributed by atoms with E-state index in [0.717, 1.165) is 24.4 Å². The first kappa shape index (κ1) is 19.0. The van der Waals surface area contributed by atoms with Gasteiger partial charge in [0.1, 0.15) is 11.5 Å². The number of furan rings is 1. The maximum Gasteiger partial charge on any atom is 0.244 e. The van der Waals surface area contributed by atoms with Crippen LogP contribution in [0.4, 0.5) is 0 Å². The number of rotatable bonds is 8. The number of hydrogen-bond donors (Lipinski definition) is 2. The van der Waals surface area contributed by atoms with Gasteiger partial charge in [0.2, 0.25) is 5.91 Å². The van der Waals surface area contributed by atoms with E-state index in [1.54, 1.807) is 32.6 Å². The molecular formula is C21H27N2O4+. The molecule has 144 valence electrons. The minimum Gasteiger partial charge on any atom is -0.497 e. The minimum atomic E-state index is -0.136. The van der Waals surface area contributed by atoms with Crippen molar-refractivity contribution in [2.24, 2.45) is 0 Å². The Balaban J connectivity index is 1.62. The largest absolute Gasteiger partial charge is 0.497 e. The van der Waals surface area contributed by atoms with Crippen LogP contribution in [0.1, 0.15) is 30.2 Å². The fourth-order valence-electron chi connectivity index (χ4n) is 3.50. The lowest BCUT2D eigenvalue weighted by Crippen LogP contribution is -3.11. The van der Waals surface area contributed by atoms with Crippen molar-refractivity contribution in [3.63, 3.8) is 0 Å². The molecule has 0 aliphatic carbocycles. The summed E-state index contributed by atoms with van der Waals surface area (Å²) in [5.74, 6) is 2.16. The van der Waals surface area contributed by atoms with E-state index >= 15 is 0 Å². The number of methoxy groups -OCH3 is 2. The van der Waals surface area contributed by atoms with Gasteiger partial charge in [0.15, 0.2) is 11.8 Å². The number of benzene rings is 1. The third-order valence-corrected chi connectivity index (χ3v) is 4.96. The van der Waals surface area contributed by atoms with Crippen molar-refractivity contribution in [3.05, 3.63) is 54.0 Å². The number of ether oxygens (including phenoxy) is 2. The fraction of sp³-hybridized carbons (Fsp3) is 0.381. The highest BCUT2D eigenvalue weighted by Crippen LogP contribution is 2.25. The van der Waals surface area contributed by atoms with Crippen molar-refractivity contribution in [1.29, 1.82) is 0 Å². The molecule has 0 bridgehead atoms. The van der Waals surface area contributed by atoms with Crippen molar-refractivity contribution in [1.82, 2.24) is 5.32 Å². The Morgan fingerprint density at radius 2 is 2.07 bits per heavy atom. The second-order valence-corrected chi connectivity index (χ2v) is 6.62. The van der Waals surface area contributed by atoms with Gasteiger partial charge in [0.25, 0.3) is 0 Å². The zero-order valence-corrected chi connectivity index (χ0v) is 15.9. The molecule has 1 saturated heterocycles. The summed E-state index contributed by atoms with van der Waals surface area (Å²) in [6.07, 6.45) is 7.41. The number of nitrogens with one attached hydrogen (secondary N) is 2. The molecule has 1 aromatic heterocycles. The van der Waals surface area contributed by atoms with Crippen LogP contribution < -0.4 is 19.7 Å². The van der Waals surface area contributed by atoms with E-state index in [0.29, 0.717) is 18.0 Å². The van der Waals surface area contributed by atoms with E-state index in [-0.39, 0.29) is 11.9 Å². The highest BCUT2D eigenvalue weighted by Gasteiger charge is 2.29. The molecule has 0 unspecified atom stereocenters. The van der Waals surface area contributed by atoms with Gasteiger partial charge < -0.3 is 24.1 Å². The number of carbonyl (C=O) groups excluding carboxylic acids is 1. The molecule has 1 fully saturated rings. The van der Waals surface area contributed by atoms with Crippen LogP contribution in [-0.4, -0.2) is 39.8 Å². The van der Waals surface area contributed by atoms with E-state index in [4.69, 9.17) is 13.9 Å². The van der Waals surface area contributed by atoms with E-state index in [1.807, 2.05) is 24.3 Å². The van der Waals surface area contributed by atoms with Crippen LogP contribution >= 0.6 is 0 Å². The average Bonchev–Trinajstić information content (AvgIpc) is 3.41. The topological polar surface area (TPSA) is 65.1 Å². The van der Waals surface area contributed by atoms with Crippen molar-refractivity contribution >= 4 is 12.0 Å². The van der Waals surface area contributed by atoms with Crippen LogP contribution in [0, 0.1) is 0 Å². The van der Waals surface area contributed by atoms with Gasteiger partial charge in [-0.25, -0.2) is 0 Å². The van der Waals surface area contributed by atoms with Crippen molar-refractivity contribution in [2.45, 2.75) is 18.9 Å². The molecule has 2 heterocycles. The standard InChI is InChI=1S/C21H26N2O4/c1-25-17-9-7-16(20(14-17)26-2)8-10-21(24)22-15-18(19-6-5-13-27-19)23-11-3-4-12-23/h5-10,13-14,18H,3-4,11-12,15H2,1-2H3,(H,22,24)/p+1/b10-8+/t18-/m1/s1. The Hall–Kier alpha value is -2.73. The highest BCUT2D eigenvalue weighted by molar-refractivity contribution is 5.92. The predicted molar refractivity (Wildman–Crippen MR) is 103 cm³/mol. The van der Waals surface area contributed by atoms with Crippen LogP contribution in [0.3, 0.4) is 0 Å². The minimum absolute atomic E-state index is 0.136. The monoisotopic (exact) mass is 371 g/mol. The summed E-state index contributed by atoms with van der Waals surface area (Å²) in [5.41, 5.74) is 0.821. The SMILES string of the molecule is COc1ccc(/C=C/C(=O)NC[C@H](c2ccco2)[NH+]2CCCC2)c(OC)c1. The summed E-state index contributed by atoms with van der Waals surface area (Å²) in [6, 6.07) is 9.53. The smallest absolute Gasteiger partial charge is 0.244 e. The Labute approximate surface area is 159 Å². The van der Waals surface area contributed by atoms with Gasteiger partial charge >= 0.3 is 0 Å². The molecule has 2 aromatic rings. The molecule has 2 N–H and O–H groups in total. The van der Waals surface area contributed by atoms with Gasteiger partial charge in [-0.1, -0.05) is 0 Å². The lowest BCUT2D eigenvalue weighted by molar-refractivity contribution is -0.919. The maximum atomic E-state index is 12.3. The van der Waals surface area contributed by atoms with Crippen LogP contribution in [0.15, 0.2) is 47.1 Å². The van der Waals surface area contributed by atoms with Gasteiger partial charge in [-0.2, -0.15) is 0 Å². The zero-order valence-electron chi connectivity index (χ0n) is 15.9. The quantitative estimate of drug-likeness (QED) is 0.695. The van der Waals surface area contributed by atoms with E-state index in [2.05, 4.69) is 5.32 Å². The number of hydrogen-bond acceptors (Lipinski definition) is 4. The molecule has 0 spiro atoms. The molecule has 6 nitrogen and oxygen atoms in total. The molecule has 1 aromatic carbocycles. The lowest BCUT2D eigenvalue weighted by atomic mass is 10.1. The summed E-state index contributed by atoms with van der Waals surface area (Å²) in [4.78, 5) is 13.8. The maximum absolute atomic E-state index is 12.3. The first-order chi connectivity index (χ1) is 13.2.